The summed E-state index contributed by atoms with van der Waals surface area (Å²) in [7, 11) is 4.24. The van der Waals surface area contributed by atoms with Gasteiger partial charge in [-0.15, -0.1) is 0 Å². The number of methoxy groups -OCH3 is 3. The topological polar surface area (TPSA) is 83.1 Å². The van der Waals surface area contributed by atoms with Crippen LogP contribution in [0.5, 0.6) is 11.5 Å². The Balaban J connectivity index is 2.30. The third-order valence-corrected chi connectivity index (χ3v) is 3.78. The molecular formula is C16H21NO6. The quantitative estimate of drug-likeness (QED) is 0.833. The highest BCUT2D eigenvalue weighted by Gasteiger charge is 2.24. The number of hydrogen-bond donors (Lipinski definition) is 1. The zero-order chi connectivity index (χ0) is 16.8. The Bertz CT molecular complexity index is 580. The van der Waals surface area contributed by atoms with Gasteiger partial charge in [0.2, 0.25) is 5.91 Å². The fourth-order valence-corrected chi connectivity index (χ4v) is 2.46. The average molecular weight is 323 g/mol. The van der Waals surface area contributed by atoms with Crippen LogP contribution in [0.1, 0.15) is 23.2 Å². The van der Waals surface area contributed by atoms with E-state index in [0.29, 0.717) is 43.2 Å². The minimum absolute atomic E-state index is 0.137. The molecule has 0 atom stereocenters. The fraction of sp³-hybridized carbons (Fsp3) is 0.500. The first-order valence-electron chi connectivity index (χ1n) is 7.33. The summed E-state index contributed by atoms with van der Waals surface area (Å²) in [5, 5.41) is 2.79. The second kappa shape index (κ2) is 7.82. The Kier molecular flexibility index (Phi) is 5.81. The van der Waals surface area contributed by atoms with Crippen molar-refractivity contribution in [1.82, 2.24) is 0 Å². The number of nitrogens with one attached hydrogen (secondary N) is 1. The molecule has 23 heavy (non-hydrogen) atoms. The zero-order valence-electron chi connectivity index (χ0n) is 13.5. The Hall–Kier alpha value is -2.28. The van der Waals surface area contributed by atoms with E-state index in [0.717, 1.165) is 0 Å². The molecule has 1 fully saturated rings. The second-order valence-corrected chi connectivity index (χ2v) is 5.12. The summed E-state index contributed by atoms with van der Waals surface area (Å²) in [5.74, 6) is -0.0411. The highest BCUT2D eigenvalue weighted by atomic mass is 16.5. The third kappa shape index (κ3) is 3.92. The van der Waals surface area contributed by atoms with E-state index in [1.807, 2.05) is 0 Å². The first-order valence-corrected chi connectivity index (χ1v) is 7.33. The summed E-state index contributed by atoms with van der Waals surface area (Å²) in [4.78, 5) is 24.4. The van der Waals surface area contributed by atoms with Crippen molar-refractivity contribution >= 4 is 17.6 Å². The van der Waals surface area contributed by atoms with E-state index in [1.165, 1.54) is 27.4 Å². The molecule has 126 valence electrons. The Morgan fingerprint density at radius 2 is 1.70 bits per heavy atom. The number of carbonyl (C=O) groups excluding carboxylic acids is 2. The average Bonchev–Trinajstić information content (AvgIpc) is 2.61. The molecule has 0 aliphatic carbocycles. The maximum absolute atomic E-state index is 12.4. The van der Waals surface area contributed by atoms with Crippen LogP contribution in [0.2, 0.25) is 0 Å². The summed E-state index contributed by atoms with van der Waals surface area (Å²) >= 11 is 0. The van der Waals surface area contributed by atoms with Gasteiger partial charge in [-0.1, -0.05) is 0 Å². The highest BCUT2D eigenvalue weighted by molar-refractivity contribution is 6.02. The van der Waals surface area contributed by atoms with Gasteiger partial charge in [0, 0.05) is 31.3 Å². The van der Waals surface area contributed by atoms with E-state index in [1.54, 1.807) is 6.07 Å². The van der Waals surface area contributed by atoms with E-state index in [-0.39, 0.29) is 17.4 Å². The number of ether oxygens (including phenoxy) is 4. The van der Waals surface area contributed by atoms with Crippen LogP contribution >= 0.6 is 0 Å². The summed E-state index contributed by atoms with van der Waals surface area (Å²) < 4.78 is 20.4. The molecule has 0 unspecified atom stereocenters. The van der Waals surface area contributed by atoms with Gasteiger partial charge in [-0.25, -0.2) is 4.79 Å². The van der Waals surface area contributed by atoms with E-state index >= 15 is 0 Å². The number of amides is 1. The lowest BCUT2D eigenvalue weighted by molar-refractivity contribution is -0.122. The number of rotatable bonds is 5. The van der Waals surface area contributed by atoms with E-state index in [4.69, 9.17) is 18.9 Å². The van der Waals surface area contributed by atoms with Crippen molar-refractivity contribution in [3.63, 3.8) is 0 Å². The summed E-state index contributed by atoms with van der Waals surface area (Å²) in [6.07, 6.45) is 1.32. The molecule has 0 radical (unpaired) electrons. The van der Waals surface area contributed by atoms with Gasteiger partial charge in [-0.3, -0.25) is 4.79 Å². The number of esters is 1. The van der Waals surface area contributed by atoms with Gasteiger partial charge in [0.1, 0.15) is 0 Å². The van der Waals surface area contributed by atoms with Crippen molar-refractivity contribution in [3.05, 3.63) is 17.7 Å². The fourth-order valence-electron chi connectivity index (χ4n) is 2.46. The first-order chi connectivity index (χ1) is 11.1. The van der Waals surface area contributed by atoms with Crippen molar-refractivity contribution in [2.24, 2.45) is 5.92 Å². The Morgan fingerprint density at radius 1 is 1.09 bits per heavy atom. The minimum atomic E-state index is -0.562. The molecule has 1 aromatic carbocycles. The van der Waals surface area contributed by atoms with Gasteiger partial charge >= 0.3 is 5.97 Å². The van der Waals surface area contributed by atoms with Crippen molar-refractivity contribution < 1.29 is 28.5 Å². The van der Waals surface area contributed by atoms with Crippen LogP contribution in [-0.2, 0) is 14.3 Å². The van der Waals surface area contributed by atoms with Gasteiger partial charge in [-0.2, -0.15) is 0 Å². The first kappa shape index (κ1) is 17.1. The SMILES string of the molecule is COC(=O)c1cc(OC)c(OC)cc1NC(=O)C1CCOCC1. The lowest BCUT2D eigenvalue weighted by Gasteiger charge is -2.22. The predicted molar refractivity (Wildman–Crippen MR) is 83.1 cm³/mol. The van der Waals surface area contributed by atoms with Crippen molar-refractivity contribution in [1.29, 1.82) is 0 Å². The van der Waals surface area contributed by atoms with Gasteiger partial charge < -0.3 is 24.3 Å². The smallest absolute Gasteiger partial charge is 0.340 e. The lowest BCUT2D eigenvalue weighted by atomic mass is 9.99. The molecule has 1 aromatic rings. The van der Waals surface area contributed by atoms with Crippen LogP contribution in [0.3, 0.4) is 0 Å². The molecule has 7 nitrogen and oxygen atoms in total. The van der Waals surface area contributed by atoms with Crippen molar-refractivity contribution in [3.8, 4) is 11.5 Å². The second-order valence-electron chi connectivity index (χ2n) is 5.12. The third-order valence-electron chi connectivity index (χ3n) is 3.78. The number of benzene rings is 1. The molecule has 1 heterocycles. The van der Waals surface area contributed by atoms with Gasteiger partial charge in [0.05, 0.1) is 32.6 Å². The molecule has 1 N–H and O–H groups in total. The van der Waals surface area contributed by atoms with Crippen LogP contribution in [0, 0.1) is 5.92 Å². The normalized spacial score (nSPS) is 14.9. The van der Waals surface area contributed by atoms with Crippen LogP contribution in [0.25, 0.3) is 0 Å². The van der Waals surface area contributed by atoms with Crippen molar-refractivity contribution in [2.45, 2.75) is 12.8 Å². The maximum Gasteiger partial charge on any atom is 0.340 e. The Labute approximate surface area is 134 Å². The summed E-state index contributed by atoms with van der Waals surface area (Å²) in [6.45, 7) is 1.13. The highest BCUT2D eigenvalue weighted by Crippen LogP contribution is 2.34. The molecule has 0 bridgehead atoms. The lowest BCUT2D eigenvalue weighted by Crippen LogP contribution is -2.29. The molecule has 2 rings (SSSR count). The largest absolute Gasteiger partial charge is 0.493 e. The minimum Gasteiger partial charge on any atom is -0.493 e. The van der Waals surface area contributed by atoms with Gasteiger partial charge in [-0.05, 0) is 12.8 Å². The van der Waals surface area contributed by atoms with E-state index in [9.17, 15) is 9.59 Å². The molecule has 0 aromatic heterocycles. The molecule has 0 spiro atoms. The monoisotopic (exact) mass is 323 g/mol. The molecular weight excluding hydrogens is 302 g/mol. The molecule has 1 saturated heterocycles. The van der Waals surface area contributed by atoms with Gasteiger partial charge in [0.25, 0.3) is 0 Å². The molecule has 0 saturated carbocycles. The summed E-state index contributed by atoms with van der Waals surface area (Å²) in [6, 6.07) is 3.05. The van der Waals surface area contributed by atoms with Crippen LogP contribution < -0.4 is 14.8 Å². The zero-order valence-corrected chi connectivity index (χ0v) is 13.5. The van der Waals surface area contributed by atoms with Crippen LogP contribution in [0.15, 0.2) is 12.1 Å². The Morgan fingerprint density at radius 3 is 2.26 bits per heavy atom. The van der Waals surface area contributed by atoms with Gasteiger partial charge in [0.15, 0.2) is 11.5 Å². The van der Waals surface area contributed by atoms with Crippen molar-refractivity contribution in [2.75, 3.05) is 39.9 Å². The predicted octanol–water partition coefficient (Wildman–Crippen LogP) is 1.86. The number of hydrogen-bond acceptors (Lipinski definition) is 6. The van der Waals surface area contributed by atoms with Crippen LogP contribution in [-0.4, -0.2) is 46.4 Å². The summed E-state index contributed by atoms with van der Waals surface area (Å²) in [5.41, 5.74) is 0.552. The molecule has 1 aliphatic rings. The van der Waals surface area contributed by atoms with E-state index in [2.05, 4.69) is 5.32 Å². The maximum atomic E-state index is 12.4. The molecule has 1 amide bonds. The molecule has 7 heteroatoms. The standard InChI is InChI=1S/C16H21NO6/c1-20-13-8-11(16(19)22-3)12(9-14(13)21-2)17-15(18)10-4-6-23-7-5-10/h8-10H,4-7H2,1-3H3,(H,17,18). The number of anilines is 1. The molecule has 1 aliphatic heterocycles. The number of carbonyl (C=O) groups is 2. The van der Waals surface area contributed by atoms with Crippen LogP contribution in [0.4, 0.5) is 5.69 Å². The van der Waals surface area contributed by atoms with E-state index < -0.39 is 5.97 Å².